The van der Waals surface area contributed by atoms with Crippen LogP contribution in [0, 0.1) is 6.92 Å². The summed E-state index contributed by atoms with van der Waals surface area (Å²) in [6, 6.07) is 5.20. The smallest absolute Gasteiger partial charge is 0.257 e. The molecular formula is C19H21Cl2N4O2+. The standard InChI is InChI=1S/C19H20Cl2N4O2/c1-10-13(7-22)17(12-5-4-11(20)6-14(12)21)18-15(23-10)8-25(19(18)27)9-16(26)24(2)3/h4-6H,7-9,22H2,1-3H3/p+1. The first kappa shape index (κ1) is 19.6. The van der Waals surface area contributed by atoms with Gasteiger partial charge in [0, 0.05) is 46.5 Å². The Bertz CT molecular complexity index is 944. The minimum absolute atomic E-state index is 0.00867. The number of amides is 2. The van der Waals surface area contributed by atoms with Crippen molar-refractivity contribution in [1.29, 1.82) is 0 Å². The zero-order chi connectivity index (χ0) is 19.9. The van der Waals surface area contributed by atoms with Crippen molar-refractivity contribution in [2.45, 2.75) is 20.0 Å². The van der Waals surface area contributed by atoms with Crippen LogP contribution in [0.3, 0.4) is 0 Å². The highest BCUT2D eigenvalue weighted by Gasteiger charge is 2.35. The summed E-state index contributed by atoms with van der Waals surface area (Å²) in [5, 5.41) is 0.979. The van der Waals surface area contributed by atoms with Gasteiger partial charge in [-0.3, -0.25) is 14.6 Å². The first-order chi connectivity index (χ1) is 12.7. The molecule has 0 fully saturated rings. The molecule has 2 heterocycles. The number of likely N-dealkylation sites (N-methyl/N-ethyl adjacent to an activating group) is 1. The fourth-order valence-electron chi connectivity index (χ4n) is 3.29. The van der Waals surface area contributed by atoms with Gasteiger partial charge < -0.3 is 15.5 Å². The molecule has 8 heteroatoms. The van der Waals surface area contributed by atoms with Crippen molar-refractivity contribution in [2.75, 3.05) is 20.6 Å². The number of benzene rings is 1. The number of aromatic nitrogens is 1. The molecule has 1 aromatic heterocycles. The summed E-state index contributed by atoms with van der Waals surface area (Å²) in [7, 11) is 3.33. The molecule has 2 aromatic rings. The van der Waals surface area contributed by atoms with Gasteiger partial charge in [0.15, 0.2) is 0 Å². The molecule has 0 saturated heterocycles. The molecule has 1 aliphatic heterocycles. The Morgan fingerprint density at radius 3 is 2.59 bits per heavy atom. The summed E-state index contributed by atoms with van der Waals surface area (Å²) in [4.78, 5) is 32.8. The second-order valence-corrected chi connectivity index (χ2v) is 7.54. The molecule has 0 saturated carbocycles. The Morgan fingerprint density at radius 2 is 2.00 bits per heavy atom. The van der Waals surface area contributed by atoms with E-state index in [0.717, 1.165) is 22.4 Å². The molecule has 0 atom stereocenters. The molecule has 0 unspecified atom stereocenters. The third-order valence-corrected chi connectivity index (χ3v) is 5.24. The number of pyridine rings is 1. The summed E-state index contributed by atoms with van der Waals surface area (Å²) in [6.07, 6.45) is 0. The molecule has 0 radical (unpaired) electrons. The van der Waals surface area contributed by atoms with Gasteiger partial charge in [0.2, 0.25) is 5.91 Å². The van der Waals surface area contributed by atoms with Gasteiger partial charge in [0.25, 0.3) is 5.91 Å². The largest absolute Gasteiger partial charge is 0.354 e. The highest BCUT2D eigenvalue weighted by Crippen LogP contribution is 2.39. The van der Waals surface area contributed by atoms with E-state index in [-0.39, 0.29) is 18.4 Å². The van der Waals surface area contributed by atoms with Crippen LogP contribution >= 0.6 is 23.2 Å². The van der Waals surface area contributed by atoms with Crippen LogP contribution < -0.4 is 5.73 Å². The topological polar surface area (TPSA) is 81.1 Å². The van der Waals surface area contributed by atoms with E-state index in [1.54, 1.807) is 32.3 Å². The molecule has 6 nitrogen and oxygen atoms in total. The van der Waals surface area contributed by atoms with Crippen molar-refractivity contribution < 1.29 is 15.3 Å². The maximum Gasteiger partial charge on any atom is 0.257 e. The quantitative estimate of drug-likeness (QED) is 0.842. The average molecular weight is 408 g/mol. The number of nitrogens with zero attached hydrogens (tertiary/aromatic N) is 3. The molecule has 0 spiro atoms. The van der Waals surface area contributed by atoms with Crippen LogP contribution in [0.15, 0.2) is 18.2 Å². The SMILES string of the molecule is Cc1nc2c(c(-c3ccc(Cl)cc3Cl)c1C[NH3+])C(=O)N(CC(=O)N(C)C)C2. The van der Waals surface area contributed by atoms with Crippen molar-refractivity contribution in [3.05, 3.63) is 50.8 Å². The van der Waals surface area contributed by atoms with Crippen LogP contribution in [0.4, 0.5) is 0 Å². The van der Waals surface area contributed by atoms with Crippen molar-refractivity contribution in [3.63, 3.8) is 0 Å². The van der Waals surface area contributed by atoms with Crippen LogP contribution in [0.2, 0.25) is 10.0 Å². The first-order valence-corrected chi connectivity index (χ1v) is 9.26. The molecular weight excluding hydrogens is 387 g/mol. The van der Waals surface area contributed by atoms with E-state index >= 15 is 0 Å². The second-order valence-electron chi connectivity index (χ2n) is 6.70. The number of hydrogen-bond acceptors (Lipinski definition) is 3. The zero-order valence-corrected chi connectivity index (χ0v) is 17.0. The maximum absolute atomic E-state index is 13.1. The number of fused-ring (bicyclic) bond motifs is 1. The molecule has 0 aliphatic carbocycles. The van der Waals surface area contributed by atoms with Crippen molar-refractivity contribution >= 4 is 35.0 Å². The van der Waals surface area contributed by atoms with Gasteiger partial charge in [-0.15, -0.1) is 0 Å². The molecule has 0 bridgehead atoms. The fourth-order valence-corrected chi connectivity index (χ4v) is 3.79. The number of aryl methyl sites for hydroxylation is 1. The normalized spacial score (nSPS) is 13.1. The van der Waals surface area contributed by atoms with Gasteiger partial charge in [-0.2, -0.15) is 0 Å². The highest BCUT2D eigenvalue weighted by molar-refractivity contribution is 6.36. The number of hydrogen-bond donors (Lipinski definition) is 1. The van der Waals surface area contributed by atoms with Gasteiger partial charge in [0.05, 0.1) is 17.8 Å². The van der Waals surface area contributed by atoms with E-state index < -0.39 is 0 Å². The van der Waals surface area contributed by atoms with Gasteiger partial charge >= 0.3 is 0 Å². The third-order valence-electron chi connectivity index (χ3n) is 4.70. The van der Waals surface area contributed by atoms with Crippen LogP contribution in [0.5, 0.6) is 0 Å². The monoisotopic (exact) mass is 407 g/mol. The number of carbonyl (C=O) groups excluding carboxylic acids is 2. The molecule has 2 amide bonds. The lowest BCUT2D eigenvalue weighted by atomic mass is 9.93. The Balaban J connectivity index is 2.17. The van der Waals surface area contributed by atoms with Gasteiger partial charge in [-0.05, 0) is 19.1 Å². The van der Waals surface area contributed by atoms with Crippen LogP contribution in [-0.4, -0.2) is 47.2 Å². The van der Waals surface area contributed by atoms with Crippen LogP contribution in [0.25, 0.3) is 11.1 Å². The van der Waals surface area contributed by atoms with Gasteiger partial charge in [0.1, 0.15) is 13.1 Å². The van der Waals surface area contributed by atoms with E-state index in [2.05, 4.69) is 10.7 Å². The number of rotatable bonds is 4. The third kappa shape index (κ3) is 3.52. The predicted octanol–water partition coefficient (Wildman–Crippen LogP) is 2.15. The van der Waals surface area contributed by atoms with E-state index in [0.29, 0.717) is 34.4 Å². The Labute approximate surface area is 167 Å². The first-order valence-electron chi connectivity index (χ1n) is 8.51. The molecule has 1 aliphatic rings. The summed E-state index contributed by atoms with van der Waals surface area (Å²) in [5.41, 5.74) is 8.27. The lowest BCUT2D eigenvalue weighted by Crippen LogP contribution is -2.48. The zero-order valence-electron chi connectivity index (χ0n) is 15.5. The van der Waals surface area contributed by atoms with Gasteiger partial charge in [-0.1, -0.05) is 29.3 Å². The van der Waals surface area contributed by atoms with Crippen LogP contribution in [0.1, 0.15) is 27.3 Å². The minimum Gasteiger partial charge on any atom is -0.354 e. The van der Waals surface area contributed by atoms with Crippen molar-refractivity contribution in [3.8, 4) is 11.1 Å². The Hall–Kier alpha value is -2.15. The lowest BCUT2D eigenvalue weighted by molar-refractivity contribution is -0.386. The molecule has 3 N–H and O–H groups in total. The summed E-state index contributed by atoms with van der Waals surface area (Å²) in [5.74, 6) is -0.361. The molecule has 3 rings (SSSR count). The molecule has 1 aromatic carbocycles. The van der Waals surface area contributed by atoms with Crippen molar-refractivity contribution in [1.82, 2.24) is 14.8 Å². The predicted molar refractivity (Wildman–Crippen MR) is 104 cm³/mol. The molecule has 142 valence electrons. The lowest BCUT2D eigenvalue weighted by Gasteiger charge is -2.18. The second kappa shape index (κ2) is 7.46. The number of halogens is 2. The van der Waals surface area contributed by atoms with Gasteiger partial charge in [-0.25, -0.2) is 0 Å². The maximum atomic E-state index is 13.1. The minimum atomic E-state index is -0.219. The Morgan fingerprint density at radius 1 is 1.30 bits per heavy atom. The van der Waals surface area contributed by atoms with E-state index in [4.69, 9.17) is 23.2 Å². The Kier molecular flexibility index (Phi) is 5.42. The highest BCUT2D eigenvalue weighted by atomic mass is 35.5. The average Bonchev–Trinajstić information content (AvgIpc) is 2.89. The van der Waals surface area contributed by atoms with E-state index in [9.17, 15) is 9.59 Å². The summed E-state index contributed by atoms with van der Waals surface area (Å²) in [6.45, 7) is 2.66. The molecule has 27 heavy (non-hydrogen) atoms. The van der Waals surface area contributed by atoms with Crippen molar-refractivity contribution in [2.24, 2.45) is 0 Å². The fraction of sp³-hybridized carbons (Fsp3) is 0.316. The number of quaternary nitrogens is 1. The summed E-state index contributed by atoms with van der Waals surface area (Å²) >= 11 is 12.5. The van der Waals surface area contributed by atoms with E-state index in [1.165, 1.54) is 9.80 Å². The van der Waals surface area contributed by atoms with Crippen LogP contribution in [-0.2, 0) is 17.9 Å². The van der Waals surface area contributed by atoms with E-state index in [1.807, 2.05) is 6.92 Å². The number of carbonyl (C=O) groups is 2. The summed E-state index contributed by atoms with van der Waals surface area (Å²) < 4.78 is 0.